The van der Waals surface area contributed by atoms with E-state index >= 15 is 0 Å². The summed E-state index contributed by atoms with van der Waals surface area (Å²) in [5.41, 5.74) is 7.80. The van der Waals surface area contributed by atoms with E-state index in [2.05, 4.69) is 112 Å². The van der Waals surface area contributed by atoms with Gasteiger partial charge in [-0.05, 0) is 103 Å². The van der Waals surface area contributed by atoms with Crippen molar-refractivity contribution in [2.24, 2.45) is 0 Å². The fraction of sp³-hybridized carbons (Fsp3) is 0.529. The first-order valence-electron chi connectivity index (χ1n) is 22.0. The topological polar surface area (TPSA) is 27.7 Å². The second-order valence-corrected chi connectivity index (χ2v) is 15.3. The Kier molecular flexibility index (Phi) is 21.5. The van der Waals surface area contributed by atoms with Gasteiger partial charge in [0.15, 0.2) is 11.5 Å². The molecule has 0 aliphatic heterocycles. The third kappa shape index (κ3) is 16.7. The van der Waals surface area contributed by atoms with Crippen LogP contribution in [-0.4, -0.2) is 19.8 Å². The molecular formula is C51H72O3. The summed E-state index contributed by atoms with van der Waals surface area (Å²) in [5, 5.41) is 0. The Balaban J connectivity index is 1.16. The number of aryl methyl sites for hydroxylation is 2. The molecule has 0 amide bonds. The molecule has 0 bridgehead atoms. The predicted octanol–water partition coefficient (Wildman–Crippen LogP) is 15.4. The SMILES string of the molecule is CCCCCCCOc1ccc(-c2ccc(CCCCCCc3ccc(-c4ccc(OCCCCCCC)c(OCCCCCCC)c4)cc3)cc2)cc1. The second-order valence-electron chi connectivity index (χ2n) is 15.3. The van der Waals surface area contributed by atoms with E-state index in [-0.39, 0.29) is 0 Å². The van der Waals surface area contributed by atoms with E-state index in [1.54, 1.807) is 0 Å². The first-order valence-corrected chi connectivity index (χ1v) is 22.0. The van der Waals surface area contributed by atoms with E-state index in [1.807, 2.05) is 0 Å². The highest BCUT2D eigenvalue weighted by atomic mass is 16.5. The van der Waals surface area contributed by atoms with Gasteiger partial charge in [0.25, 0.3) is 0 Å². The van der Waals surface area contributed by atoms with Gasteiger partial charge in [0.05, 0.1) is 19.8 Å². The zero-order valence-electron chi connectivity index (χ0n) is 34.4. The molecule has 0 unspecified atom stereocenters. The lowest BCUT2D eigenvalue weighted by Gasteiger charge is -2.15. The van der Waals surface area contributed by atoms with Crippen molar-refractivity contribution >= 4 is 0 Å². The van der Waals surface area contributed by atoms with Crippen LogP contribution >= 0.6 is 0 Å². The molecule has 0 atom stereocenters. The van der Waals surface area contributed by atoms with Gasteiger partial charge >= 0.3 is 0 Å². The number of unbranched alkanes of at least 4 members (excludes halogenated alkanes) is 15. The van der Waals surface area contributed by atoms with Crippen LogP contribution < -0.4 is 14.2 Å². The summed E-state index contributed by atoms with van der Waals surface area (Å²) in [6.45, 7) is 9.09. The maximum atomic E-state index is 6.33. The van der Waals surface area contributed by atoms with Crippen LogP contribution in [-0.2, 0) is 12.8 Å². The van der Waals surface area contributed by atoms with Crippen LogP contribution in [0.15, 0.2) is 91.0 Å². The molecule has 4 rings (SSSR count). The Labute approximate surface area is 330 Å². The number of ether oxygens (including phenoxy) is 3. The maximum absolute atomic E-state index is 6.33. The van der Waals surface area contributed by atoms with Crippen molar-refractivity contribution in [2.45, 2.75) is 156 Å². The van der Waals surface area contributed by atoms with E-state index in [0.717, 1.165) is 69.2 Å². The highest BCUT2D eigenvalue weighted by Crippen LogP contribution is 2.34. The Hall–Kier alpha value is -3.72. The number of rotatable bonds is 30. The van der Waals surface area contributed by atoms with Gasteiger partial charge in [-0.15, -0.1) is 0 Å². The average Bonchev–Trinajstić information content (AvgIpc) is 3.21. The molecular weight excluding hydrogens is 661 g/mol. The minimum Gasteiger partial charge on any atom is -0.494 e. The zero-order valence-corrected chi connectivity index (χ0v) is 34.4. The summed E-state index contributed by atoms with van der Waals surface area (Å²) in [5.74, 6) is 2.74. The molecule has 4 aromatic rings. The summed E-state index contributed by atoms with van der Waals surface area (Å²) in [4.78, 5) is 0. The van der Waals surface area contributed by atoms with Crippen molar-refractivity contribution in [1.82, 2.24) is 0 Å². The molecule has 0 saturated heterocycles. The predicted molar refractivity (Wildman–Crippen MR) is 232 cm³/mol. The minimum atomic E-state index is 0.746. The van der Waals surface area contributed by atoms with Gasteiger partial charge in [-0.2, -0.15) is 0 Å². The average molecular weight is 733 g/mol. The number of benzene rings is 4. The third-order valence-electron chi connectivity index (χ3n) is 10.6. The van der Waals surface area contributed by atoms with E-state index < -0.39 is 0 Å². The molecule has 3 nitrogen and oxygen atoms in total. The smallest absolute Gasteiger partial charge is 0.161 e. The fourth-order valence-corrected chi connectivity index (χ4v) is 7.07. The van der Waals surface area contributed by atoms with Crippen molar-refractivity contribution in [3.05, 3.63) is 102 Å². The molecule has 3 heteroatoms. The van der Waals surface area contributed by atoms with Crippen LogP contribution in [0.5, 0.6) is 17.2 Å². The van der Waals surface area contributed by atoms with E-state index in [4.69, 9.17) is 14.2 Å². The molecule has 0 aliphatic carbocycles. The molecule has 4 aromatic carbocycles. The van der Waals surface area contributed by atoms with Gasteiger partial charge in [-0.25, -0.2) is 0 Å². The summed E-state index contributed by atoms with van der Waals surface area (Å²) in [7, 11) is 0. The van der Waals surface area contributed by atoms with Gasteiger partial charge in [-0.3, -0.25) is 0 Å². The van der Waals surface area contributed by atoms with Crippen LogP contribution in [0.3, 0.4) is 0 Å². The molecule has 54 heavy (non-hydrogen) atoms. The molecule has 0 spiro atoms. The molecule has 0 aromatic heterocycles. The van der Waals surface area contributed by atoms with Gasteiger partial charge < -0.3 is 14.2 Å². The summed E-state index contributed by atoms with van der Waals surface area (Å²) in [6, 6.07) is 33.4. The Morgan fingerprint density at radius 3 is 1.17 bits per heavy atom. The van der Waals surface area contributed by atoms with Crippen LogP contribution in [0, 0.1) is 0 Å². The largest absolute Gasteiger partial charge is 0.494 e. The molecule has 0 saturated carbocycles. The van der Waals surface area contributed by atoms with E-state index in [9.17, 15) is 0 Å². The molecule has 294 valence electrons. The van der Waals surface area contributed by atoms with Gasteiger partial charge in [0.1, 0.15) is 5.75 Å². The Bertz CT molecular complexity index is 1510. The van der Waals surface area contributed by atoms with Crippen LogP contribution in [0.2, 0.25) is 0 Å². The molecule has 0 aliphatic rings. The minimum absolute atomic E-state index is 0.746. The van der Waals surface area contributed by atoms with Crippen molar-refractivity contribution < 1.29 is 14.2 Å². The lowest BCUT2D eigenvalue weighted by molar-refractivity contribution is 0.258. The molecule has 0 heterocycles. The quantitative estimate of drug-likeness (QED) is 0.0500. The Morgan fingerprint density at radius 1 is 0.315 bits per heavy atom. The van der Waals surface area contributed by atoms with Crippen LogP contribution in [0.4, 0.5) is 0 Å². The summed E-state index contributed by atoms with van der Waals surface area (Å²) in [6.07, 6.45) is 26.0. The number of hydrogen-bond acceptors (Lipinski definition) is 3. The standard InChI is InChI=1S/C51H72O3/c1-4-7-10-15-20-39-52-49-36-33-46(34-37-49)45-29-25-43(26-30-45)23-18-13-14-19-24-44-27-31-47(32-28-44)48-35-38-50(53-40-21-16-11-8-5-2)51(42-48)54-41-22-17-12-9-6-3/h25-38,42H,4-24,39-41H2,1-3H3. The van der Waals surface area contributed by atoms with Gasteiger partial charge in [-0.1, -0.05) is 177 Å². The Morgan fingerprint density at radius 2 is 0.685 bits per heavy atom. The molecule has 0 radical (unpaired) electrons. The first kappa shape index (κ1) is 43.0. The third-order valence-corrected chi connectivity index (χ3v) is 10.6. The summed E-state index contributed by atoms with van der Waals surface area (Å²) < 4.78 is 18.5. The molecule has 0 N–H and O–H groups in total. The lowest BCUT2D eigenvalue weighted by Crippen LogP contribution is -2.03. The van der Waals surface area contributed by atoms with Crippen molar-refractivity contribution in [3.8, 4) is 39.5 Å². The first-order chi connectivity index (χ1) is 26.7. The van der Waals surface area contributed by atoms with Crippen molar-refractivity contribution in [1.29, 1.82) is 0 Å². The van der Waals surface area contributed by atoms with E-state index in [0.29, 0.717) is 0 Å². The van der Waals surface area contributed by atoms with Crippen molar-refractivity contribution in [3.63, 3.8) is 0 Å². The fourth-order valence-electron chi connectivity index (χ4n) is 7.07. The van der Waals surface area contributed by atoms with Crippen LogP contribution in [0.1, 0.15) is 154 Å². The maximum Gasteiger partial charge on any atom is 0.161 e. The van der Waals surface area contributed by atoms with Crippen LogP contribution in [0.25, 0.3) is 22.3 Å². The van der Waals surface area contributed by atoms with Crippen molar-refractivity contribution in [2.75, 3.05) is 19.8 Å². The second kappa shape index (κ2) is 27.0. The van der Waals surface area contributed by atoms with Gasteiger partial charge in [0, 0.05) is 0 Å². The lowest BCUT2D eigenvalue weighted by atomic mass is 9.99. The molecule has 0 fully saturated rings. The normalized spacial score (nSPS) is 11.2. The number of hydrogen-bond donors (Lipinski definition) is 0. The summed E-state index contributed by atoms with van der Waals surface area (Å²) >= 11 is 0. The highest BCUT2D eigenvalue weighted by molar-refractivity contribution is 5.67. The van der Waals surface area contributed by atoms with Gasteiger partial charge in [0.2, 0.25) is 0 Å². The zero-order chi connectivity index (χ0) is 37.9. The van der Waals surface area contributed by atoms with E-state index in [1.165, 1.54) is 136 Å². The highest BCUT2D eigenvalue weighted by Gasteiger charge is 2.10. The monoisotopic (exact) mass is 733 g/mol.